The number of carbonyl (C=O) groups is 3. The van der Waals surface area contributed by atoms with Crippen LogP contribution >= 0.6 is 11.6 Å². The number of Topliss-reactive ketones (excluding diaryl/α,β-unsaturated/α-hetero) is 1. The number of esters is 1. The number of hydrogen-bond donors (Lipinski definition) is 1. The first-order chi connectivity index (χ1) is 19.4. The molecule has 0 radical (unpaired) electrons. The van der Waals surface area contributed by atoms with Crippen LogP contribution in [-0.4, -0.2) is 30.1 Å². The molecule has 1 aliphatic carbocycles. The first-order valence-electron chi connectivity index (χ1n) is 13.2. The number of halogens is 1. The van der Waals surface area contributed by atoms with Crippen LogP contribution < -0.4 is 10.0 Å². The van der Waals surface area contributed by atoms with E-state index in [0.717, 1.165) is 12.8 Å². The number of amides is 1. The van der Waals surface area contributed by atoms with Crippen LogP contribution in [0.4, 0.5) is 10.5 Å². The minimum atomic E-state index is -0.860. The molecule has 3 aromatic rings. The molecule has 10 heteroatoms. The fraction of sp³-hybridized carbons (Fsp3) is 0.323. The van der Waals surface area contributed by atoms with Gasteiger partial charge in [0, 0.05) is 27.8 Å². The second kappa shape index (κ2) is 12.4. The summed E-state index contributed by atoms with van der Waals surface area (Å²) in [4.78, 5) is 38.1. The maximum Gasteiger partial charge on any atom is 0.412 e. The highest BCUT2D eigenvalue weighted by atomic mass is 35.5. The predicted molar refractivity (Wildman–Crippen MR) is 152 cm³/mol. The van der Waals surface area contributed by atoms with Gasteiger partial charge in [0.15, 0.2) is 18.6 Å². The number of ketones is 1. The van der Waals surface area contributed by atoms with Crippen molar-refractivity contribution < 1.29 is 28.6 Å². The summed E-state index contributed by atoms with van der Waals surface area (Å²) in [6.07, 6.45) is 2.99. The van der Waals surface area contributed by atoms with Crippen molar-refractivity contribution in [2.24, 2.45) is 5.92 Å². The van der Waals surface area contributed by atoms with Gasteiger partial charge in [-0.1, -0.05) is 24.4 Å². The summed E-state index contributed by atoms with van der Waals surface area (Å²) in [7, 11) is 0. The van der Waals surface area contributed by atoms with Gasteiger partial charge >= 0.3 is 12.1 Å². The molecular weight excluding hydrogens is 546 g/mol. The molecule has 0 bridgehead atoms. The SMILES string of the molecule is CC(C)(C)OC(=O)Nc1ccc(Cl)cc1-c1ccc(C(CC2CC2)C(=O)OCC(=O)c2ccc(C#N)cc2)[n+]([O-])c1. The number of benzene rings is 2. The van der Waals surface area contributed by atoms with Crippen LogP contribution in [0.2, 0.25) is 5.02 Å². The molecule has 1 aliphatic rings. The zero-order valence-electron chi connectivity index (χ0n) is 23.0. The van der Waals surface area contributed by atoms with Crippen molar-refractivity contribution in [2.75, 3.05) is 11.9 Å². The molecule has 1 unspecified atom stereocenters. The van der Waals surface area contributed by atoms with E-state index in [0.29, 0.717) is 50.0 Å². The van der Waals surface area contributed by atoms with Crippen LogP contribution in [0.1, 0.15) is 67.6 Å². The molecule has 0 saturated heterocycles. The predicted octanol–water partition coefficient (Wildman–Crippen LogP) is 6.17. The van der Waals surface area contributed by atoms with Crippen LogP contribution in [0.15, 0.2) is 60.8 Å². The number of rotatable bonds is 9. The standard InChI is InChI=1S/C31H30ClN3O6/c1-31(2,3)41-30(38)34-26-12-11-23(32)15-24(26)22-10-13-27(35(39)17-22)25(14-19-4-5-19)29(37)40-18-28(36)21-8-6-20(16-33)7-9-21/h6-13,15,17,19,25H,4-5,14,18H2,1-3H3,(H,34,38). The summed E-state index contributed by atoms with van der Waals surface area (Å²) < 4.78 is 11.3. The summed E-state index contributed by atoms with van der Waals surface area (Å²) in [6, 6.07) is 16.1. The van der Waals surface area contributed by atoms with Crippen molar-refractivity contribution in [1.29, 1.82) is 5.26 Å². The van der Waals surface area contributed by atoms with E-state index in [1.54, 1.807) is 51.1 Å². The maximum absolute atomic E-state index is 13.3. The Morgan fingerprint density at radius 1 is 1.12 bits per heavy atom. The van der Waals surface area contributed by atoms with Gasteiger partial charge in [-0.15, -0.1) is 0 Å². The van der Waals surface area contributed by atoms with Gasteiger partial charge in [-0.05, 0) is 81.6 Å². The highest BCUT2D eigenvalue weighted by molar-refractivity contribution is 6.31. The Balaban J connectivity index is 1.54. The first-order valence-corrected chi connectivity index (χ1v) is 13.5. The van der Waals surface area contributed by atoms with Crippen molar-refractivity contribution in [3.63, 3.8) is 0 Å². The summed E-state index contributed by atoms with van der Waals surface area (Å²) in [5, 5.41) is 25.3. The number of nitrogens with zero attached hydrogens (tertiary/aromatic N) is 2. The van der Waals surface area contributed by atoms with Gasteiger partial charge in [-0.25, -0.2) is 4.79 Å². The Kier molecular flexibility index (Phi) is 8.94. The summed E-state index contributed by atoms with van der Waals surface area (Å²) in [5.41, 5.74) is 1.58. The van der Waals surface area contributed by atoms with E-state index in [2.05, 4.69) is 5.32 Å². The van der Waals surface area contributed by atoms with Crippen molar-refractivity contribution in [3.8, 4) is 17.2 Å². The maximum atomic E-state index is 13.3. The topological polar surface area (TPSA) is 132 Å². The summed E-state index contributed by atoms with van der Waals surface area (Å²) in [5.74, 6) is -1.64. The molecule has 1 fully saturated rings. The number of carbonyl (C=O) groups excluding carboxylic acids is 3. The van der Waals surface area contributed by atoms with Crippen LogP contribution in [0.3, 0.4) is 0 Å². The third-order valence-electron chi connectivity index (χ3n) is 6.46. The monoisotopic (exact) mass is 575 g/mol. The number of ether oxygens (including phenoxy) is 2. The number of anilines is 1. The lowest BCUT2D eigenvalue weighted by Crippen LogP contribution is -2.36. The third-order valence-corrected chi connectivity index (χ3v) is 6.70. The van der Waals surface area contributed by atoms with Crippen LogP contribution in [0, 0.1) is 22.5 Å². The zero-order chi connectivity index (χ0) is 29.7. The number of aromatic nitrogens is 1. The molecule has 212 valence electrons. The lowest BCUT2D eigenvalue weighted by molar-refractivity contribution is -0.614. The smallest absolute Gasteiger partial charge is 0.412 e. The van der Waals surface area contributed by atoms with E-state index in [1.165, 1.54) is 30.5 Å². The Bertz CT molecular complexity index is 1500. The quantitative estimate of drug-likeness (QED) is 0.140. The highest BCUT2D eigenvalue weighted by Gasteiger charge is 2.36. The van der Waals surface area contributed by atoms with E-state index in [-0.39, 0.29) is 5.69 Å². The average Bonchev–Trinajstić information content (AvgIpc) is 3.74. The molecule has 9 nitrogen and oxygen atoms in total. The van der Waals surface area contributed by atoms with Gasteiger partial charge in [0.1, 0.15) is 11.5 Å². The molecule has 0 spiro atoms. The lowest BCUT2D eigenvalue weighted by Gasteiger charge is -2.20. The molecule has 1 amide bonds. The number of pyridine rings is 1. The van der Waals surface area contributed by atoms with E-state index in [1.807, 2.05) is 6.07 Å². The minimum Gasteiger partial charge on any atom is -0.618 e. The Hall–Kier alpha value is -4.42. The largest absolute Gasteiger partial charge is 0.618 e. The molecule has 1 heterocycles. The van der Waals surface area contributed by atoms with Crippen LogP contribution in [-0.2, 0) is 14.3 Å². The van der Waals surface area contributed by atoms with Crippen LogP contribution in [0.5, 0.6) is 0 Å². The molecule has 4 rings (SSSR count). The van der Waals surface area contributed by atoms with Crippen molar-refractivity contribution in [1.82, 2.24) is 0 Å². The molecule has 2 aromatic carbocycles. The zero-order valence-corrected chi connectivity index (χ0v) is 23.7. The number of nitriles is 1. The van der Waals surface area contributed by atoms with Crippen LogP contribution in [0.25, 0.3) is 11.1 Å². The van der Waals surface area contributed by atoms with Crippen molar-refractivity contribution in [2.45, 2.75) is 51.6 Å². The molecule has 1 atom stereocenters. The molecule has 1 aromatic heterocycles. The molecule has 41 heavy (non-hydrogen) atoms. The molecule has 0 aliphatic heterocycles. The van der Waals surface area contributed by atoms with E-state index in [4.69, 9.17) is 26.3 Å². The van der Waals surface area contributed by atoms with Gasteiger partial charge in [0.25, 0.3) is 0 Å². The summed E-state index contributed by atoms with van der Waals surface area (Å²) in [6.45, 7) is 4.77. The highest BCUT2D eigenvalue weighted by Crippen LogP contribution is 2.39. The first kappa shape index (κ1) is 29.6. The normalized spacial score (nSPS) is 13.5. The van der Waals surface area contributed by atoms with Gasteiger partial charge < -0.3 is 14.7 Å². The van der Waals surface area contributed by atoms with E-state index < -0.39 is 36.0 Å². The summed E-state index contributed by atoms with van der Waals surface area (Å²) >= 11 is 6.22. The lowest BCUT2D eigenvalue weighted by atomic mass is 9.96. The molecule has 1 N–H and O–H groups in total. The van der Waals surface area contributed by atoms with Gasteiger partial charge in [-0.3, -0.25) is 14.9 Å². The van der Waals surface area contributed by atoms with Gasteiger partial charge in [-0.2, -0.15) is 9.99 Å². The molecule has 1 saturated carbocycles. The fourth-order valence-corrected chi connectivity index (χ4v) is 4.45. The molecular formula is C31H30ClN3O6. The van der Waals surface area contributed by atoms with E-state index >= 15 is 0 Å². The van der Waals surface area contributed by atoms with E-state index in [9.17, 15) is 19.6 Å². The van der Waals surface area contributed by atoms with Crippen molar-refractivity contribution in [3.05, 3.63) is 87.8 Å². The second-order valence-corrected chi connectivity index (χ2v) is 11.4. The minimum absolute atomic E-state index is 0.195. The van der Waals surface area contributed by atoms with Gasteiger partial charge in [0.2, 0.25) is 5.69 Å². The Morgan fingerprint density at radius 3 is 2.44 bits per heavy atom. The average molecular weight is 576 g/mol. The third kappa shape index (κ3) is 8.05. The Morgan fingerprint density at radius 2 is 1.83 bits per heavy atom. The van der Waals surface area contributed by atoms with Gasteiger partial charge in [0.05, 0.1) is 17.3 Å². The van der Waals surface area contributed by atoms with Crippen molar-refractivity contribution >= 4 is 35.1 Å². The number of hydrogen-bond acceptors (Lipinski definition) is 7. The number of nitrogens with one attached hydrogen (secondary N) is 1. The fourth-order valence-electron chi connectivity index (χ4n) is 4.28. The second-order valence-electron chi connectivity index (χ2n) is 10.9. The Labute approximate surface area is 243 Å².